The van der Waals surface area contributed by atoms with Crippen LogP contribution in [-0.4, -0.2) is 12.6 Å². The fraction of sp³-hybridized carbons (Fsp3) is 0.138. The highest BCUT2D eigenvalue weighted by Crippen LogP contribution is 2.31. The summed E-state index contributed by atoms with van der Waals surface area (Å²) in [4.78, 5) is 16.0. The molecule has 4 aromatic carbocycles. The van der Waals surface area contributed by atoms with Gasteiger partial charge in [0.1, 0.15) is 11.9 Å². The molecule has 4 aromatic rings. The van der Waals surface area contributed by atoms with Crippen molar-refractivity contribution in [1.82, 2.24) is 0 Å². The molecule has 0 aromatic heterocycles. The molecule has 0 heterocycles. The van der Waals surface area contributed by atoms with Crippen LogP contribution in [0, 0.1) is 6.92 Å². The Morgan fingerprint density at radius 2 is 1.24 bits per heavy atom. The molecule has 0 fully saturated rings. The van der Waals surface area contributed by atoms with E-state index >= 15 is 0 Å². The van der Waals surface area contributed by atoms with E-state index in [1.165, 1.54) is 20.2 Å². The van der Waals surface area contributed by atoms with Crippen LogP contribution in [0.15, 0.2) is 124 Å². The van der Waals surface area contributed by atoms with Gasteiger partial charge in [-0.05, 0) is 67.9 Å². The van der Waals surface area contributed by atoms with Gasteiger partial charge in [0.2, 0.25) is 0 Å². The predicted molar refractivity (Wildman–Crippen MR) is 133 cm³/mol. The number of benzene rings is 4. The number of ether oxygens (including phenoxy) is 2. The third kappa shape index (κ3) is 6.05. The topological polar surface area (TPSA) is 35.5 Å². The summed E-state index contributed by atoms with van der Waals surface area (Å²) in [6.45, 7) is 3.77. The number of hydrogen-bond acceptors (Lipinski definition) is 3. The van der Waals surface area contributed by atoms with Gasteiger partial charge in [-0.15, -0.1) is 0 Å². The zero-order valence-electron chi connectivity index (χ0n) is 18.8. The summed E-state index contributed by atoms with van der Waals surface area (Å²) in [6.07, 6.45) is -0.317. The van der Waals surface area contributed by atoms with E-state index in [0.717, 1.165) is 5.56 Å². The van der Waals surface area contributed by atoms with Crippen molar-refractivity contribution in [2.75, 3.05) is 6.61 Å². The van der Waals surface area contributed by atoms with E-state index in [1.54, 1.807) is 0 Å². The van der Waals surface area contributed by atoms with Crippen LogP contribution < -0.4 is 4.74 Å². The highest BCUT2D eigenvalue weighted by atomic mass is 32.2. The molecule has 0 aliphatic heterocycles. The van der Waals surface area contributed by atoms with E-state index in [0.29, 0.717) is 5.75 Å². The van der Waals surface area contributed by atoms with E-state index in [-0.39, 0.29) is 29.6 Å². The molecule has 33 heavy (non-hydrogen) atoms. The van der Waals surface area contributed by atoms with Crippen molar-refractivity contribution < 1.29 is 14.3 Å². The van der Waals surface area contributed by atoms with Crippen molar-refractivity contribution in [1.29, 1.82) is 0 Å². The highest BCUT2D eigenvalue weighted by Gasteiger charge is 2.28. The average Bonchev–Trinajstić information content (AvgIpc) is 2.85. The molecule has 1 atom stereocenters. The minimum Gasteiger partial charge on any atom is -0.482 e. The summed E-state index contributed by atoms with van der Waals surface area (Å²) in [5, 5.41) is 0. The van der Waals surface area contributed by atoms with Crippen LogP contribution in [0.3, 0.4) is 0 Å². The van der Waals surface area contributed by atoms with Gasteiger partial charge in [0.15, 0.2) is 21.3 Å². The van der Waals surface area contributed by atoms with Gasteiger partial charge in [-0.1, -0.05) is 66.2 Å². The number of carbonyl (C=O) groups is 1. The Morgan fingerprint density at radius 1 is 0.727 bits per heavy atom. The minimum absolute atomic E-state index is 0.126. The second-order valence-electron chi connectivity index (χ2n) is 7.74. The van der Waals surface area contributed by atoms with Gasteiger partial charge in [0.05, 0.1) is 10.9 Å². The van der Waals surface area contributed by atoms with E-state index in [9.17, 15) is 4.79 Å². The van der Waals surface area contributed by atoms with Crippen LogP contribution in [0.2, 0.25) is 0 Å². The maximum Gasteiger partial charge on any atom is 0.344 e. The zero-order valence-corrected chi connectivity index (χ0v) is 19.6. The fourth-order valence-corrected chi connectivity index (χ4v) is 5.56. The molecule has 0 amide bonds. The molecule has 0 N–H and O–H groups in total. The summed E-state index contributed by atoms with van der Waals surface area (Å²) in [6, 6.07) is 36.9. The summed E-state index contributed by atoms with van der Waals surface area (Å²) in [7, 11) is -0.214. The first-order valence-corrected chi connectivity index (χ1v) is 12.2. The Kier molecular flexibility index (Phi) is 7.48. The maximum atomic E-state index is 12.3. The standard InChI is InChI=1S/C29H27O3S/c1-22-13-15-24(16-14-22)23(2)32-29(30)21-31-25-17-19-28(20-18-25)33(26-9-5-3-6-10-26)27-11-7-4-8-12-27/h3-20,23H,21H2,1-2H3/q+1. The van der Waals surface area contributed by atoms with Crippen LogP contribution in [0.1, 0.15) is 24.2 Å². The summed E-state index contributed by atoms with van der Waals surface area (Å²) in [5.74, 6) is 0.254. The Hall–Kier alpha value is -3.50. The Balaban J connectivity index is 1.41. The van der Waals surface area contributed by atoms with E-state index in [4.69, 9.17) is 9.47 Å². The molecular weight excluding hydrogens is 428 g/mol. The van der Waals surface area contributed by atoms with Crippen LogP contribution in [0.25, 0.3) is 0 Å². The van der Waals surface area contributed by atoms with Crippen molar-refractivity contribution in [3.63, 3.8) is 0 Å². The van der Waals surface area contributed by atoms with Crippen molar-refractivity contribution in [3.05, 3.63) is 120 Å². The van der Waals surface area contributed by atoms with E-state index in [2.05, 4.69) is 60.7 Å². The van der Waals surface area contributed by atoms with E-state index < -0.39 is 0 Å². The second kappa shape index (κ2) is 10.9. The van der Waals surface area contributed by atoms with E-state index in [1.807, 2.05) is 62.4 Å². The monoisotopic (exact) mass is 455 g/mol. The van der Waals surface area contributed by atoms with Crippen LogP contribution in [0.4, 0.5) is 0 Å². The SMILES string of the molecule is Cc1ccc(C(C)OC(=O)COc2ccc([S+](c3ccccc3)c3ccccc3)cc2)cc1. The van der Waals surface area contributed by atoms with Crippen LogP contribution in [0.5, 0.6) is 5.75 Å². The lowest BCUT2D eigenvalue weighted by molar-refractivity contribution is -0.151. The van der Waals surface area contributed by atoms with Gasteiger partial charge in [0, 0.05) is 0 Å². The lowest BCUT2D eigenvalue weighted by Crippen LogP contribution is -2.17. The molecule has 4 rings (SSSR count). The fourth-order valence-electron chi connectivity index (χ4n) is 3.47. The molecule has 0 radical (unpaired) electrons. The molecule has 4 heteroatoms. The summed E-state index contributed by atoms with van der Waals surface area (Å²) in [5.41, 5.74) is 2.14. The number of aryl methyl sites for hydroxylation is 1. The molecule has 0 saturated heterocycles. The first-order valence-electron chi connectivity index (χ1n) is 10.9. The number of hydrogen-bond donors (Lipinski definition) is 0. The molecule has 3 nitrogen and oxygen atoms in total. The molecule has 0 bridgehead atoms. The van der Waals surface area contributed by atoms with Crippen molar-refractivity contribution in [2.45, 2.75) is 34.6 Å². The maximum absolute atomic E-state index is 12.3. The number of esters is 1. The van der Waals surface area contributed by atoms with Crippen LogP contribution in [-0.2, 0) is 20.4 Å². The van der Waals surface area contributed by atoms with Gasteiger partial charge in [0.25, 0.3) is 0 Å². The molecule has 0 saturated carbocycles. The second-order valence-corrected chi connectivity index (χ2v) is 9.76. The van der Waals surface area contributed by atoms with Crippen molar-refractivity contribution >= 4 is 16.9 Å². The first-order chi connectivity index (χ1) is 16.1. The third-order valence-electron chi connectivity index (χ3n) is 5.23. The molecular formula is C29H27O3S+. The third-order valence-corrected chi connectivity index (χ3v) is 7.46. The smallest absolute Gasteiger partial charge is 0.344 e. The Bertz CT molecular complexity index is 1120. The molecule has 166 valence electrons. The average molecular weight is 456 g/mol. The van der Waals surface area contributed by atoms with Gasteiger partial charge < -0.3 is 9.47 Å². The molecule has 1 unspecified atom stereocenters. The van der Waals surface area contributed by atoms with Gasteiger partial charge >= 0.3 is 5.97 Å². The highest BCUT2D eigenvalue weighted by molar-refractivity contribution is 7.97. The van der Waals surface area contributed by atoms with Gasteiger partial charge in [-0.3, -0.25) is 0 Å². The number of carbonyl (C=O) groups excluding carboxylic acids is 1. The Labute approximate surface area is 198 Å². The summed E-state index contributed by atoms with van der Waals surface area (Å²) >= 11 is 0. The van der Waals surface area contributed by atoms with Crippen LogP contribution >= 0.6 is 0 Å². The number of rotatable bonds is 8. The first kappa shape index (κ1) is 22.7. The lowest BCUT2D eigenvalue weighted by atomic mass is 10.1. The summed E-state index contributed by atoms with van der Waals surface area (Å²) < 4.78 is 11.2. The van der Waals surface area contributed by atoms with Crippen molar-refractivity contribution in [2.24, 2.45) is 0 Å². The predicted octanol–water partition coefficient (Wildman–Crippen LogP) is 6.77. The molecule has 0 spiro atoms. The quantitative estimate of drug-likeness (QED) is 0.217. The van der Waals surface area contributed by atoms with Gasteiger partial charge in [-0.25, -0.2) is 4.79 Å². The zero-order chi connectivity index (χ0) is 23.0. The molecule has 0 aliphatic carbocycles. The molecule has 0 aliphatic rings. The lowest BCUT2D eigenvalue weighted by Gasteiger charge is -2.14. The normalized spacial score (nSPS) is 11.7. The largest absolute Gasteiger partial charge is 0.482 e. The minimum atomic E-state index is -0.388. The Morgan fingerprint density at radius 3 is 1.79 bits per heavy atom. The van der Waals surface area contributed by atoms with Crippen molar-refractivity contribution in [3.8, 4) is 5.75 Å². The van der Waals surface area contributed by atoms with Gasteiger partial charge in [-0.2, -0.15) is 0 Å².